The van der Waals surface area contributed by atoms with Crippen LogP contribution in [0.5, 0.6) is 0 Å². The highest BCUT2D eigenvalue weighted by atomic mass is 32.2. The highest BCUT2D eigenvalue weighted by molar-refractivity contribution is 7.90. The maximum atomic E-state index is 14.3. The molecule has 9 heteroatoms. The van der Waals surface area contributed by atoms with Gasteiger partial charge in [0, 0.05) is 13.1 Å². The number of rotatable bonds is 5. The van der Waals surface area contributed by atoms with Crippen molar-refractivity contribution in [2.75, 3.05) is 24.4 Å². The molecule has 1 N–H and O–H groups in total. The lowest BCUT2D eigenvalue weighted by Gasteiger charge is -2.37. The molecular formula is C17H18F3N3O2S. The molecule has 0 amide bonds. The van der Waals surface area contributed by atoms with Crippen LogP contribution in [0.2, 0.25) is 0 Å². The van der Waals surface area contributed by atoms with Gasteiger partial charge in [-0.25, -0.2) is 17.5 Å². The first-order valence-corrected chi connectivity index (χ1v) is 9.43. The van der Waals surface area contributed by atoms with E-state index in [1.807, 2.05) is 0 Å². The third-order valence-electron chi connectivity index (χ3n) is 4.14. The molecule has 1 heterocycles. The molecule has 0 bridgehead atoms. The molecule has 0 saturated carbocycles. The van der Waals surface area contributed by atoms with Gasteiger partial charge in [0.1, 0.15) is 11.5 Å². The van der Waals surface area contributed by atoms with Crippen LogP contribution in [-0.4, -0.2) is 32.9 Å². The fourth-order valence-electron chi connectivity index (χ4n) is 2.94. The van der Waals surface area contributed by atoms with Crippen molar-refractivity contribution in [2.45, 2.75) is 13.0 Å². The summed E-state index contributed by atoms with van der Waals surface area (Å²) in [6.45, 7) is 0.632. The molecule has 0 fully saturated rings. The molecule has 2 aromatic rings. The molecule has 0 aromatic heterocycles. The number of benzene rings is 2. The molecule has 140 valence electrons. The zero-order chi connectivity index (χ0) is 18.9. The van der Waals surface area contributed by atoms with E-state index in [0.29, 0.717) is 22.8 Å². The average molecular weight is 385 g/mol. The van der Waals surface area contributed by atoms with Crippen LogP contribution < -0.4 is 9.62 Å². The van der Waals surface area contributed by atoms with Gasteiger partial charge in [0.2, 0.25) is 0 Å². The molecule has 3 rings (SSSR count). The smallest absolute Gasteiger partial charge is 0.309 e. The van der Waals surface area contributed by atoms with Crippen molar-refractivity contribution in [3.8, 4) is 0 Å². The maximum absolute atomic E-state index is 14.3. The molecule has 5 nitrogen and oxygen atoms in total. The molecule has 0 saturated heterocycles. The van der Waals surface area contributed by atoms with Crippen molar-refractivity contribution in [2.24, 2.45) is 0 Å². The number of anilines is 2. The van der Waals surface area contributed by atoms with Crippen LogP contribution >= 0.6 is 0 Å². The SMILES string of the molecule is CNCCCN1Cc2cc(F)ccc2N(c2c(F)cccc2F)S1(=O)=O. The third kappa shape index (κ3) is 3.29. The average Bonchev–Trinajstić information content (AvgIpc) is 2.57. The zero-order valence-corrected chi connectivity index (χ0v) is 14.9. The molecule has 1 aliphatic heterocycles. The predicted molar refractivity (Wildman–Crippen MR) is 92.8 cm³/mol. The zero-order valence-electron chi connectivity index (χ0n) is 14.0. The second kappa shape index (κ2) is 7.26. The van der Waals surface area contributed by atoms with Crippen LogP contribution in [0.15, 0.2) is 36.4 Å². The second-order valence-corrected chi connectivity index (χ2v) is 7.68. The summed E-state index contributed by atoms with van der Waals surface area (Å²) in [4.78, 5) is 0. The van der Waals surface area contributed by atoms with Gasteiger partial charge in [0.05, 0.1) is 5.69 Å². The number of fused-ring (bicyclic) bond motifs is 1. The fraction of sp³-hybridized carbons (Fsp3) is 0.294. The van der Waals surface area contributed by atoms with Crippen LogP contribution in [0.4, 0.5) is 24.5 Å². The number of hydrogen-bond donors (Lipinski definition) is 1. The lowest BCUT2D eigenvalue weighted by Crippen LogP contribution is -2.46. The summed E-state index contributed by atoms with van der Waals surface area (Å²) in [5, 5.41) is 2.91. The first-order valence-electron chi connectivity index (χ1n) is 8.03. The Bertz CT molecular complexity index is 901. The Kier molecular flexibility index (Phi) is 5.22. The number of nitrogens with one attached hydrogen (secondary N) is 1. The summed E-state index contributed by atoms with van der Waals surface area (Å²) in [7, 11) is -2.50. The summed E-state index contributed by atoms with van der Waals surface area (Å²) >= 11 is 0. The minimum absolute atomic E-state index is 0.0419. The summed E-state index contributed by atoms with van der Waals surface area (Å²) in [6, 6.07) is 6.59. The van der Waals surface area contributed by atoms with Gasteiger partial charge in [-0.15, -0.1) is 0 Å². The van der Waals surface area contributed by atoms with Gasteiger partial charge in [-0.2, -0.15) is 12.7 Å². The predicted octanol–water partition coefficient (Wildman–Crippen LogP) is 2.91. The molecule has 0 spiro atoms. The lowest BCUT2D eigenvalue weighted by atomic mass is 10.1. The number of para-hydroxylation sites is 1. The van der Waals surface area contributed by atoms with Gasteiger partial charge in [-0.3, -0.25) is 0 Å². The molecule has 2 aromatic carbocycles. The first-order chi connectivity index (χ1) is 12.4. The maximum Gasteiger partial charge on any atom is 0.309 e. The standard InChI is InChI=1S/C17H18F3N3O2S/c1-21-8-3-9-22-11-12-10-13(18)6-7-16(12)23(26(22,24)25)17-14(19)4-2-5-15(17)20/h2,4-7,10,21H,3,8-9,11H2,1H3. The van der Waals surface area contributed by atoms with E-state index in [4.69, 9.17) is 0 Å². The summed E-state index contributed by atoms with van der Waals surface area (Å²) in [6.07, 6.45) is 0.494. The van der Waals surface area contributed by atoms with Crippen molar-refractivity contribution >= 4 is 21.6 Å². The summed E-state index contributed by atoms with van der Waals surface area (Å²) < 4.78 is 70.2. The van der Waals surface area contributed by atoms with E-state index in [1.54, 1.807) is 7.05 Å². The minimum atomic E-state index is -4.23. The Labute approximate surface area is 150 Å². The summed E-state index contributed by atoms with van der Waals surface area (Å²) in [5.74, 6) is -2.57. The first kappa shape index (κ1) is 18.7. The lowest BCUT2D eigenvalue weighted by molar-refractivity contribution is 0.390. The van der Waals surface area contributed by atoms with Crippen molar-refractivity contribution in [3.63, 3.8) is 0 Å². The third-order valence-corrected chi connectivity index (χ3v) is 5.94. The second-order valence-electron chi connectivity index (χ2n) is 5.91. The number of nitrogens with zero attached hydrogens (tertiary/aromatic N) is 2. The Morgan fingerprint density at radius 2 is 1.81 bits per heavy atom. The molecule has 0 unspecified atom stereocenters. The quantitative estimate of drug-likeness (QED) is 0.806. The van der Waals surface area contributed by atoms with E-state index in [0.717, 1.165) is 28.6 Å². The number of halogens is 3. The van der Waals surface area contributed by atoms with Crippen molar-refractivity contribution in [1.82, 2.24) is 9.62 Å². The monoisotopic (exact) mass is 385 g/mol. The highest BCUT2D eigenvalue weighted by Gasteiger charge is 2.40. The molecule has 0 atom stereocenters. The van der Waals surface area contributed by atoms with E-state index in [9.17, 15) is 21.6 Å². The van der Waals surface area contributed by atoms with Crippen molar-refractivity contribution in [3.05, 3.63) is 59.4 Å². The normalized spacial score (nSPS) is 16.5. The van der Waals surface area contributed by atoms with Crippen LogP contribution in [0.1, 0.15) is 12.0 Å². The van der Waals surface area contributed by atoms with Gasteiger partial charge in [0.15, 0.2) is 11.6 Å². The topological polar surface area (TPSA) is 52.6 Å². The van der Waals surface area contributed by atoms with Gasteiger partial charge < -0.3 is 5.32 Å². The van der Waals surface area contributed by atoms with Crippen LogP contribution in [0, 0.1) is 17.5 Å². The van der Waals surface area contributed by atoms with Gasteiger partial charge >= 0.3 is 10.2 Å². The van der Waals surface area contributed by atoms with Gasteiger partial charge in [-0.05, 0) is 55.9 Å². The largest absolute Gasteiger partial charge is 0.320 e. The number of hydrogen-bond acceptors (Lipinski definition) is 3. The van der Waals surface area contributed by atoms with Crippen LogP contribution in [0.25, 0.3) is 0 Å². The van der Waals surface area contributed by atoms with E-state index in [2.05, 4.69) is 5.32 Å². The van der Waals surface area contributed by atoms with Crippen molar-refractivity contribution < 1.29 is 21.6 Å². The molecular weight excluding hydrogens is 367 g/mol. The van der Waals surface area contributed by atoms with E-state index >= 15 is 0 Å². The van der Waals surface area contributed by atoms with Gasteiger partial charge in [-0.1, -0.05) is 6.07 Å². The molecule has 0 aliphatic carbocycles. The molecule has 0 radical (unpaired) electrons. The molecule has 1 aliphatic rings. The van der Waals surface area contributed by atoms with E-state index in [-0.39, 0.29) is 18.8 Å². The Balaban J connectivity index is 2.17. The van der Waals surface area contributed by atoms with Crippen LogP contribution in [0.3, 0.4) is 0 Å². The Morgan fingerprint density at radius 3 is 2.46 bits per heavy atom. The van der Waals surface area contributed by atoms with Crippen LogP contribution in [-0.2, 0) is 16.8 Å². The van der Waals surface area contributed by atoms with E-state index in [1.165, 1.54) is 12.1 Å². The van der Waals surface area contributed by atoms with E-state index < -0.39 is 33.3 Å². The minimum Gasteiger partial charge on any atom is -0.320 e. The summed E-state index contributed by atoms with van der Waals surface area (Å²) in [5.41, 5.74) is -0.314. The van der Waals surface area contributed by atoms with Gasteiger partial charge in [0.25, 0.3) is 0 Å². The van der Waals surface area contributed by atoms with Crippen molar-refractivity contribution in [1.29, 1.82) is 0 Å². The molecule has 26 heavy (non-hydrogen) atoms. The Hall–Kier alpha value is -2.10. The fourth-order valence-corrected chi connectivity index (χ4v) is 4.66. The highest BCUT2D eigenvalue weighted by Crippen LogP contribution is 2.40. The Morgan fingerprint density at radius 1 is 1.12 bits per heavy atom.